The van der Waals surface area contributed by atoms with Gasteiger partial charge in [0.1, 0.15) is 5.69 Å². The number of rotatable bonds is 5. The Balaban J connectivity index is 1.21. The van der Waals surface area contributed by atoms with Gasteiger partial charge in [-0.15, -0.1) is 0 Å². The van der Waals surface area contributed by atoms with Gasteiger partial charge in [0, 0.05) is 42.0 Å². The number of imidazole rings is 1. The first-order valence-corrected chi connectivity index (χ1v) is 11.8. The van der Waals surface area contributed by atoms with Crippen LogP contribution in [0.15, 0.2) is 61.1 Å². The van der Waals surface area contributed by atoms with Crippen LogP contribution in [-0.2, 0) is 11.0 Å². The van der Waals surface area contributed by atoms with E-state index in [9.17, 15) is 26.7 Å². The standard InChI is InChI=1S/C27H23F5N4O/c1-15-8-20(36-14-34-23-11-21(28)22(29)12-24(23)36)9-18(15)10-26(37)35-19-5-2-16(3-6-19)17-4-7-25(33-13-17)27(30,31)32/h2-7,11-15,18,20H,8-10H2,1H3,(H,35,37). The lowest BCUT2D eigenvalue weighted by atomic mass is 9.94. The summed E-state index contributed by atoms with van der Waals surface area (Å²) >= 11 is 0. The second-order valence-corrected chi connectivity index (χ2v) is 9.53. The lowest BCUT2D eigenvalue weighted by Gasteiger charge is -2.15. The molecule has 2 heterocycles. The highest BCUT2D eigenvalue weighted by Gasteiger charge is 2.34. The van der Waals surface area contributed by atoms with Crippen LogP contribution in [0.2, 0.25) is 0 Å². The summed E-state index contributed by atoms with van der Waals surface area (Å²) in [4.78, 5) is 20.4. The van der Waals surface area contributed by atoms with Crippen LogP contribution in [0.3, 0.4) is 0 Å². The molecule has 2 aromatic heterocycles. The van der Waals surface area contributed by atoms with Crippen molar-refractivity contribution in [2.45, 2.75) is 38.4 Å². The molecule has 1 aliphatic carbocycles. The van der Waals surface area contributed by atoms with Crippen molar-refractivity contribution in [2.24, 2.45) is 11.8 Å². The smallest absolute Gasteiger partial charge is 0.327 e. The van der Waals surface area contributed by atoms with Crippen molar-refractivity contribution < 1.29 is 26.7 Å². The zero-order valence-corrected chi connectivity index (χ0v) is 19.8. The van der Waals surface area contributed by atoms with Gasteiger partial charge in [0.05, 0.1) is 17.4 Å². The van der Waals surface area contributed by atoms with E-state index in [2.05, 4.69) is 22.2 Å². The van der Waals surface area contributed by atoms with Gasteiger partial charge in [-0.3, -0.25) is 9.78 Å². The van der Waals surface area contributed by atoms with E-state index in [4.69, 9.17) is 0 Å². The Bertz CT molecular complexity index is 1430. The number of carbonyl (C=O) groups is 1. The van der Waals surface area contributed by atoms with Gasteiger partial charge >= 0.3 is 6.18 Å². The van der Waals surface area contributed by atoms with E-state index in [0.717, 1.165) is 24.6 Å². The summed E-state index contributed by atoms with van der Waals surface area (Å²) in [7, 11) is 0. The van der Waals surface area contributed by atoms with Crippen LogP contribution < -0.4 is 5.32 Å². The Kier molecular flexibility index (Phi) is 6.43. The molecule has 4 aromatic rings. The maximum atomic E-state index is 13.8. The number of aromatic nitrogens is 3. The first-order valence-electron chi connectivity index (χ1n) is 11.8. The number of fused-ring (bicyclic) bond motifs is 1. The van der Waals surface area contributed by atoms with Gasteiger partial charge in [-0.2, -0.15) is 13.2 Å². The van der Waals surface area contributed by atoms with Crippen LogP contribution in [0.4, 0.5) is 27.6 Å². The molecule has 3 unspecified atom stereocenters. The zero-order valence-electron chi connectivity index (χ0n) is 19.8. The highest BCUT2D eigenvalue weighted by Crippen LogP contribution is 2.42. The second-order valence-electron chi connectivity index (χ2n) is 9.53. The Morgan fingerprint density at radius 3 is 2.38 bits per heavy atom. The van der Waals surface area contributed by atoms with Crippen molar-refractivity contribution >= 4 is 22.6 Å². The number of benzene rings is 2. The van der Waals surface area contributed by atoms with E-state index in [1.54, 1.807) is 30.6 Å². The minimum atomic E-state index is -4.49. The van der Waals surface area contributed by atoms with Crippen LogP contribution in [0.5, 0.6) is 0 Å². The number of amides is 1. The molecule has 2 aromatic carbocycles. The first-order chi connectivity index (χ1) is 17.6. The average Bonchev–Trinajstić information content (AvgIpc) is 3.42. The molecular weight excluding hydrogens is 491 g/mol. The number of alkyl halides is 3. The van der Waals surface area contributed by atoms with E-state index < -0.39 is 23.5 Å². The predicted molar refractivity (Wildman–Crippen MR) is 128 cm³/mol. The maximum Gasteiger partial charge on any atom is 0.433 e. The normalized spacial score (nSPS) is 19.9. The highest BCUT2D eigenvalue weighted by atomic mass is 19.4. The van der Waals surface area contributed by atoms with Crippen molar-refractivity contribution in [2.75, 3.05) is 5.32 Å². The van der Waals surface area contributed by atoms with Gasteiger partial charge in [-0.05, 0) is 48.4 Å². The molecule has 3 atom stereocenters. The van der Waals surface area contributed by atoms with Crippen LogP contribution in [0.1, 0.15) is 37.9 Å². The van der Waals surface area contributed by atoms with Crippen molar-refractivity contribution in [3.05, 3.63) is 78.4 Å². The van der Waals surface area contributed by atoms with E-state index in [0.29, 0.717) is 40.7 Å². The van der Waals surface area contributed by atoms with Crippen molar-refractivity contribution in [3.63, 3.8) is 0 Å². The van der Waals surface area contributed by atoms with E-state index >= 15 is 0 Å². The van der Waals surface area contributed by atoms with Crippen molar-refractivity contribution in [1.82, 2.24) is 14.5 Å². The molecule has 0 saturated heterocycles. The Morgan fingerprint density at radius 2 is 1.70 bits per heavy atom. The molecule has 37 heavy (non-hydrogen) atoms. The van der Waals surface area contributed by atoms with Crippen molar-refractivity contribution in [1.29, 1.82) is 0 Å². The maximum absolute atomic E-state index is 13.8. The molecule has 1 aliphatic rings. The quantitative estimate of drug-likeness (QED) is 0.292. The third kappa shape index (κ3) is 5.19. The van der Waals surface area contributed by atoms with Crippen LogP contribution in [-0.4, -0.2) is 20.4 Å². The summed E-state index contributed by atoms with van der Waals surface area (Å²) in [5.41, 5.74) is 1.76. The number of hydrogen-bond acceptors (Lipinski definition) is 3. The number of carbonyl (C=O) groups excluding carboxylic acids is 1. The largest absolute Gasteiger partial charge is 0.433 e. The van der Waals surface area contributed by atoms with Gasteiger partial charge in [0.15, 0.2) is 11.6 Å². The molecule has 0 spiro atoms. The van der Waals surface area contributed by atoms with Gasteiger partial charge < -0.3 is 9.88 Å². The van der Waals surface area contributed by atoms with Gasteiger partial charge in [-0.1, -0.05) is 25.1 Å². The third-order valence-corrected chi connectivity index (χ3v) is 7.04. The molecule has 0 radical (unpaired) electrons. The molecule has 1 fully saturated rings. The topological polar surface area (TPSA) is 59.8 Å². The fourth-order valence-corrected chi connectivity index (χ4v) is 5.05. The van der Waals surface area contributed by atoms with Gasteiger partial charge in [-0.25, -0.2) is 13.8 Å². The molecule has 10 heteroatoms. The highest BCUT2D eigenvalue weighted by molar-refractivity contribution is 5.91. The minimum Gasteiger partial charge on any atom is -0.327 e. The Morgan fingerprint density at radius 1 is 1.00 bits per heavy atom. The van der Waals surface area contributed by atoms with Crippen molar-refractivity contribution in [3.8, 4) is 11.1 Å². The number of anilines is 1. The molecule has 0 aliphatic heterocycles. The SMILES string of the molecule is CC1CC(n2cnc3cc(F)c(F)cc32)CC1CC(=O)Nc1ccc(-c2ccc(C(F)(F)F)nc2)cc1. The number of nitrogens with one attached hydrogen (secondary N) is 1. The predicted octanol–water partition coefficient (Wildman–Crippen LogP) is 7.01. The van der Waals surface area contributed by atoms with Crippen LogP contribution in [0.25, 0.3) is 22.2 Å². The summed E-state index contributed by atoms with van der Waals surface area (Å²) in [6.07, 6.45) is 0.0716. The van der Waals surface area contributed by atoms with Crippen LogP contribution in [0, 0.1) is 23.5 Å². The first kappa shape index (κ1) is 24.9. The summed E-state index contributed by atoms with van der Waals surface area (Å²) in [6, 6.07) is 11.4. The Labute approximate surface area is 209 Å². The fourth-order valence-electron chi connectivity index (χ4n) is 5.05. The lowest BCUT2D eigenvalue weighted by Crippen LogP contribution is -2.18. The second kappa shape index (κ2) is 9.57. The summed E-state index contributed by atoms with van der Waals surface area (Å²) < 4.78 is 67.3. The fraction of sp³-hybridized carbons (Fsp3) is 0.296. The third-order valence-electron chi connectivity index (χ3n) is 7.04. The van der Waals surface area contributed by atoms with E-state index in [1.807, 2.05) is 4.57 Å². The summed E-state index contributed by atoms with van der Waals surface area (Å²) in [5.74, 6) is -1.66. The molecule has 1 amide bonds. The van der Waals surface area contributed by atoms with Gasteiger partial charge in [0.2, 0.25) is 5.91 Å². The van der Waals surface area contributed by atoms with E-state index in [1.165, 1.54) is 12.3 Å². The average molecular weight is 514 g/mol. The monoisotopic (exact) mass is 514 g/mol. The zero-order chi connectivity index (χ0) is 26.3. The molecule has 5 nitrogen and oxygen atoms in total. The number of halogens is 5. The number of pyridine rings is 1. The number of nitrogens with zero attached hydrogens (tertiary/aromatic N) is 3. The Hall–Kier alpha value is -3.82. The summed E-state index contributed by atoms with van der Waals surface area (Å²) in [6.45, 7) is 2.07. The molecule has 1 saturated carbocycles. The lowest BCUT2D eigenvalue weighted by molar-refractivity contribution is -0.141. The summed E-state index contributed by atoms with van der Waals surface area (Å²) in [5, 5.41) is 2.88. The molecule has 192 valence electrons. The molecule has 1 N–H and O–H groups in total. The molecule has 0 bridgehead atoms. The number of hydrogen-bond donors (Lipinski definition) is 1. The minimum absolute atomic E-state index is 0.0271. The van der Waals surface area contributed by atoms with E-state index in [-0.39, 0.29) is 23.8 Å². The molecule has 5 rings (SSSR count). The molecular formula is C27H23F5N4O. The van der Waals surface area contributed by atoms with Gasteiger partial charge in [0.25, 0.3) is 0 Å². The van der Waals surface area contributed by atoms with Crippen LogP contribution >= 0.6 is 0 Å².